The second-order valence-corrected chi connectivity index (χ2v) is 8.11. The SMILES string of the molecule is O=C(c1ccccc1)c1sc(NC(=O)[C@H]2COc3ccccc3O2)nc1-c1ccccc1. The quantitative estimate of drug-likeness (QED) is 0.449. The average Bonchev–Trinajstić information content (AvgIpc) is 3.28. The molecule has 32 heavy (non-hydrogen) atoms. The molecule has 2 heterocycles. The molecule has 0 unspecified atom stereocenters. The lowest BCUT2D eigenvalue weighted by atomic mass is 10.1. The van der Waals surface area contributed by atoms with E-state index in [0.29, 0.717) is 32.8 Å². The Labute approximate surface area is 188 Å². The third-order valence-electron chi connectivity index (χ3n) is 4.95. The van der Waals surface area contributed by atoms with E-state index in [-0.39, 0.29) is 18.3 Å². The number of benzene rings is 3. The van der Waals surface area contributed by atoms with Gasteiger partial charge in [-0.1, -0.05) is 84.1 Å². The first-order valence-corrected chi connectivity index (χ1v) is 10.9. The molecule has 0 aliphatic carbocycles. The first-order chi connectivity index (χ1) is 15.7. The molecule has 0 saturated heterocycles. The highest BCUT2D eigenvalue weighted by molar-refractivity contribution is 7.18. The third-order valence-corrected chi connectivity index (χ3v) is 5.92. The molecular weight excluding hydrogens is 424 g/mol. The van der Waals surface area contributed by atoms with E-state index in [1.165, 1.54) is 0 Å². The fourth-order valence-corrected chi connectivity index (χ4v) is 4.33. The number of fused-ring (bicyclic) bond motifs is 1. The number of ketones is 1. The summed E-state index contributed by atoms with van der Waals surface area (Å²) < 4.78 is 11.4. The molecule has 0 spiro atoms. The van der Waals surface area contributed by atoms with Crippen molar-refractivity contribution in [1.29, 1.82) is 0 Å². The van der Waals surface area contributed by atoms with Crippen molar-refractivity contribution in [1.82, 2.24) is 4.98 Å². The Hall–Kier alpha value is -3.97. The fourth-order valence-electron chi connectivity index (χ4n) is 3.37. The van der Waals surface area contributed by atoms with Gasteiger partial charge in [0.1, 0.15) is 11.5 Å². The highest BCUT2D eigenvalue weighted by atomic mass is 32.1. The van der Waals surface area contributed by atoms with Gasteiger partial charge in [-0.15, -0.1) is 0 Å². The van der Waals surface area contributed by atoms with Crippen LogP contribution >= 0.6 is 11.3 Å². The normalized spacial score (nSPS) is 14.6. The summed E-state index contributed by atoms with van der Waals surface area (Å²) in [6, 6.07) is 25.7. The molecule has 4 aromatic rings. The zero-order valence-corrected chi connectivity index (χ0v) is 17.7. The Kier molecular flexibility index (Phi) is 5.39. The molecule has 1 aromatic heterocycles. The summed E-state index contributed by atoms with van der Waals surface area (Å²) in [5, 5.41) is 3.12. The molecule has 7 heteroatoms. The van der Waals surface area contributed by atoms with Crippen LogP contribution in [-0.2, 0) is 4.79 Å². The molecule has 158 valence electrons. The van der Waals surface area contributed by atoms with Crippen LogP contribution < -0.4 is 14.8 Å². The second kappa shape index (κ2) is 8.64. The summed E-state index contributed by atoms with van der Waals surface area (Å²) >= 11 is 1.15. The van der Waals surface area contributed by atoms with E-state index in [1.54, 1.807) is 24.3 Å². The molecule has 1 amide bonds. The van der Waals surface area contributed by atoms with Crippen molar-refractivity contribution < 1.29 is 19.1 Å². The number of thiazole rings is 1. The monoisotopic (exact) mass is 442 g/mol. The minimum absolute atomic E-state index is 0.0928. The summed E-state index contributed by atoms with van der Waals surface area (Å²) in [7, 11) is 0. The van der Waals surface area contributed by atoms with E-state index in [2.05, 4.69) is 10.3 Å². The minimum atomic E-state index is -0.817. The van der Waals surface area contributed by atoms with Gasteiger partial charge in [0, 0.05) is 11.1 Å². The van der Waals surface area contributed by atoms with Crippen LogP contribution in [0.3, 0.4) is 0 Å². The second-order valence-electron chi connectivity index (χ2n) is 7.11. The summed E-state index contributed by atoms with van der Waals surface area (Å²) in [5.74, 6) is 0.594. The highest BCUT2D eigenvalue weighted by Gasteiger charge is 2.29. The van der Waals surface area contributed by atoms with E-state index >= 15 is 0 Å². The van der Waals surface area contributed by atoms with Crippen molar-refractivity contribution >= 4 is 28.2 Å². The number of nitrogens with one attached hydrogen (secondary N) is 1. The summed E-state index contributed by atoms with van der Waals surface area (Å²) in [6.07, 6.45) is -0.817. The van der Waals surface area contributed by atoms with Gasteiger partial charge in [-0.3, -0.25) is 14.9 Å². The Balaban J connectivity index is 1.43. The van der Waals surface area contributed by atoms with Crippen molar-refractivity contribution in [2.24, 2.45) is 0 Å². The smallest absolute Gasteiger partial charge is 0.270 e. The van der Waals surface area contributed by atoms with E-state index in [1.807, 2.05) is 60.7 Å². The van der Waals surface area contributed by atoms with Gasteiger partial charge in [0.15, 0.2) is 16.6 Å². The van der Waals surface area contributed by atoms with Crippen LogP contribution in [0, 0.1) is 0 Å². The van der Waals surface area contributed by atoms with Crippen molar-refractivity contribution in [2.45, 2.75) is 6.10 Å². The molecule has 1 aliphatic rings. The largest absolute Gasteiger partial charge is 0.485 e. The summed E-state index contributed by atoms with van der Waals surface area (Å²) in [5.41, 5.74) is 1.90. The first kappa shape index (κ1) is 20.0. The molecule has 0 bridgehead atoms. The van der Waals surface area contributed by atoms with Crippen molar-refractivity contribution in [2.75, 3.05) is 11.9 Å². The van der Waals surface area contributed by atoms with E-state index in [0.717, 1.165) is 16.9 Å². The number of para-hydroxylation sites is 2. The number of hydrogen-bond acceptors (Lipinski definition) is 6. The van der Waals surface area contributed by atoms with Gasteiger partial charge < -0.3 is 9.47 Å². The lowest BCUT2D eigenvalue weighted by Gasteiger charge is -2.25. The van der Waals surface area contributed by atoms with Gasteiger partial charge in [0.2, 0.25) is 11.9 Å². The van der Waals surface area contributed by atoms with Gasteiger partial charge in [0.05, 0.1) is 5.69 Å². The number of amides is 1. The Morgan fingerprint density at radius 1 is 0.875 bits per heavy atom. The van der Waals surface area contributed by atoms with Gasteiger partial charge in [-0.25, -0.2) is 4.98 Å². The number of nitrogens with zero attached hydrogens (tertiary/aromatic N) is 1. The minimum Gasteiger partial charge on any atom is -0.485 e. The molecule has 6 nitrogen and oxygen atoms in total. The molecule has 0 saturated carbocycles. The highest BCUT2D eigenvalue weighted by Crippen LogP contribution is 2.34. The van der Waals surface area contributed by atoms with Crippen LogP contribution in [0.4, 0.5) is 5.13 Å². The lowest BCUT2D eigenvalue weighted by Crippen LogP contribution is -2.40. The van der Waals surface area contributed by atoms with Gasteiger partial charge in [-0.05, 0) is 12.1 Å². The Morgan fingerprint density at radius 2 is 1.53 bits per heavy atom. The first-order valence-electron chi connectivity index (χ1n) is 10.0. The zero-order valence-electron chi connectivity index (χ0n) is 16.9. The van der Waals surface area contributed by atoms with Gasteiger partial charge in [0.25, 0.3) is 5.91 Å². The van der Waals surface area contributed by atoms with Crippen LogP contribution in [0.15, 0.2) is 84.9 Å². The summed E-state index contributed by atoms with van der Waals surface area (Å²) in [4.78, 5) is 31.1. The number of carbonyl (C=O) groups excluding carboxylic acids is 2. The van der Waals surface area contributed by atoms with Crippen LogP contribution in [-0.4, -0.2) is 29.4 Å². The van der Waals surface area contributed by atoms with E-state index in [4.69, 9.17) is 9.47 Å². The number of carbonyl (C=O) groups is 2. The number of ether oxygens (including phenoxy) is 2. The topological polar surface area (TPSA) is 77.5 Å². The summed E-state index contributed by atoms with van der Waals surface area (Å²) in [6.45, 7) is 0.0928. The number of anilines is 1. The molecule has 1 N–H and O–H groups in total. The number of rotatable bonds is 5. The maximum absolute atomic E-state index is 13.2. The van der Waals surface area contributed by atoms with Crippen LogP contribution in [0.2, 0.25) is 0 Å². The van der Waals surface area contributed by atoms with Crippen molar-refractivity contribution in [3.05, 3.63) is 95.4 Å². The molecular formula is C25H18N2O4S. The molecule has 3 aromatic carbocycles. The predicted molar refractivity (Wildman–Crippen MR) is 122 cm³/mol. The zero-order chi connectivity index (χ0) is 21.9. The molecule has 1 atom stereocenters. The number of aromatic nitrogens is 1. The maximum atomic E-state index is 13.2. The van der Waals surface area contributed by atoms with Crippen LogP contribution in [0.25, 0.3) is 11.3 Å². The number of hydrogen-bond donors (Lipinski definition) is 1. The van der Waals surface area contributed by atoms with E-state index in [9.17, 15) is 9.59 Å². The molecule has 0 radical (unpaired) electrons. The van der Waals surface area contributed by atoms with Crippen LogP contribution in [0.5, 0.6) is 11.5 Å². The Morgan fingerprint density at radius 3 is 2.28 bits per heavy atom. The predicted octanol–water partition coefficient (Wildman–Crippen LogP) is 4.82. The van der Waals surface area contributed by atoms with Crippen molar-refractivity contribution in [3.8, 4) is 22.8 Å². The average molecular weight is 442 g/mol. The molecule has 0 fully saturated rings. The third kappa shape index (κ3) is 3.98. The molecule has 1 aliphatic heterocycles. The maximum Gasteiger partial charge on any atom is 0.270 e. The standard InChI is InChI=1S/C25H18N2O4S/c28-22(17-11-5-2-6-12-17)23-21(16-9-3-1-4-10-16)26-25(32-23)27-24(29)20-15-30-18-13-7-8-14-19(18)31-20/h1-14,20H,15H2,(H,26,27,29)/t20-/m1/s1. The van der Waals surface area contributed by atoms with E-state index < -0.39 is 6.10 Å². The van der Waals surface area contributed by atoms with Gasteiger partial charge >= 0.3 is 0 Å². The Bertz CT molecular complexity index is 1270. The molecule has 5 rings (SSSR count). The van der Waals surface area contributed by atoms with Crippen LogP contribution in [0.1, 0.15) is 15.2 Å². The van der Waals surface area contributed by atoms with Gasteiger partial charge in [-0.2, -0.15) is 0 Å². The lowest BCUT2D eigenvalue weighted by molar-refractivity contribution is -0.125. The fraction of sp³-hybridized carbons (Fsp3) is 0.0800. The van der Waals surface area contributed by atoms with Crippen molar-refractivity contribution in [3.63, 3.8) is 0 Å².